The Morgan fingerprint density at radius 3 is 2.65 bits per heavy atom. The molecule has 88 valence electrons. The van der Waals surface area contributed by atoms with E-state index < -0.39 is 11.6 Å². The second kappa shape index (κ2) is 4.77. The normalized spacial score (nSPS) is 10.6. The zero-order valence-electron chi connectivity index (χ0n) is 8.62. The lowest BCUT2D eigenvalue weighted by atomic mass is 10.1. The maximum atomic E-state index is 13.6. The molecule has 2 aromatic rings. The van der Waals surface area contributed by atoms with Crippen molar-refractivity contribution in [2.45, 2.75) is 6.61 Å². The highest BCUT2D eigenvalue weighted by Gasteiger charge is 2.14. The minimum atomic E-state index is -1.00. The Bertz CT molecular complexity index is 560. The summed E-state index contributed by atoms with van der Waals surface area (Å²) in [5.41, 5.74) is 0.521. The van der Waals surface area contributed by atoms with Crippen LogP contribution in [0.1, 0.15) is 5.56 Å². The fraction of sp³-hybridized carbons (Fsp3) is 0.0833. The van der Waals surface area contributed by atoms with Crippen LogP contribution in [0, 0.1) is 11.6 Å². The van der Waals surface area contributed by atoms with Gasteiger partial charge < -0.3 is 5.11 Å². The summed E-state index contributed by atoms with van der Waals surface area (Å²) in [5.74, 6) is -1.97. The van der Waals surface area contributed by atoms with Gasteiger partial charge in [0.15, 0.2) is 11.6 Å². The number of hydrogen-bond acceptors (Lipinski definition) is 2. The molecule has 0 saturated heterocycles. The molecule has 1 aromatic carbocycles. The lowest BCUT2D eigenvalue weighted by Gasteiger charge is -2.08. The fourth-order valence-corrected chi connectivity index (χ4v) is 1.66. The molecule has 0 unspecified atom stereocenters. The highest BCUT2D eigenvalue weighted by Crippen LogP contribution is 2.27. The monoisotopic (exact) mass is 255 g/mol. The SMILES string of the molecule is OCc1ccc(Cl)nc1-c1cccc(F)c1F. The van der Waals surface area contributed by atoms with E-state index in [0.717, 1.165) is 6.07 Å². The molecule has 5 heteroatoms. The predicted octanol–water partition coefficient (Wildman–Crippen LogP) is 3.17. The molecular formula is C12H8ClF2NO. The van der Waals surface area contributed by atoms with E-state index in [-0.39, 0.29) is 23.0 Å². The average Bonchev–Trinajstić information content (AvgIpc) is 2.33. The Labute approximate surface area is 102 Å². The van der Waals surface area contributed by atoms with Crippen LogP contribution in [-0.4, -0.2) is 10.1 Å². The van der Waals surface area contributed by atoms with Gasteiger partial charge in [-0.1, -0.05) is 23.7 Å². The van der Waals surface area contributed by atoms with Crippen molar-refractivity contribution in [3.05, 3.63) is 52.7 Å². The zero-order chi connectivity index (χ0) is 12.4. The number of halogens is 3. The van der Waals surface area contributed by atoms with Gasteiger partial charge in [0.2, 0.25) is 0 Å². The minimum absolute atomic E-state index is 0.0171. The topological polar surface area (TPSA) is 33.1 Å². The molecule has 0 saturated carbocycles. The predicted molar refractivity (Wildman–Crippen MR) is 60.5 cm³/mol. The van der Waals surface area contributed by atoms with Gasteiger partial charge in [-0.25, -0.2) is 13.8 Å². The van der Waals surface area contributed by atoms with E-state index in [9.17, 15) is 8.78 Å². The van der Waals surface area contributed by atoms with Gasteiger partial charge in [-0.2, -0.15) is 0 Å². The van der Waals surface area contributed by atoms with Crippen molar-refractivity contribution in [2.75, 3.05) is 0 Å². The molecule has 0 atom stereocenters. The standard InChI is InChI=1S/C12H8ClF2NO/c13-10-5-4-7(6-17)12(16-10)8-2-1-3-9(14)11(8)15/h1-5,17H,6H2. The maximum absolute atomic E-state index is 13.6. The first-order chi connectivity index (χ1) is 8.13. The summed E-state index contributed by atoms with van der Waals surface area (Å²) < 4.78 is 26.7. The summed E-state index contributed by atoms with van der Waals surface area (Å²) in [6.07, 6.45) is 0. The van der Waals surface area contributed by atoms with Crippen molar-refractivity contribution in [1.82, 2.24) is 4.98 Å². The van der Waals surface area contributed by atoms with E-state index in [0.29, 0.717) is 5.56 Å². The molecule has 1 N–H and O–H groups in total. The highest BCUT2D eigenvalue weighted by atomic mass is 35.5. The molecule has 17 heavy (non-hydrogen) atoms. The van der Waals surface area contributed by atoms with Crippen molar-refractivity contribution in [3.63, 3.8) is 0 Å². The van der Waals surface area contributed by atoms with Crippen LogP contribution in [0.15, 0.2) is 30.3 Å². The molecule has 0 fully saturated rings. The third-order valence-corrected chi connectivity index (χ3v) is 2.53. The molecule has 0 aliphatic rings. The zero-order valence-corrected chi connectivity index (χ0v) is 9.38. The molecule has 0 radical (unpaired) electrons. The highest BCUT2D eigenvalue weighted by molar-refractivity contribution is 6.29. The average molecular weight is 256 g/mol. The van der Waals surface area contributed by atoms with Gasteiger partial charge in [-0.15, -0.1) is 0 Å². The van der Waals surface area contributed by atoms with Crippen LogP contribution in [0.2, 0.25) is 5.15 Å². The molecule has 0 amide bonds. The second-order valence-corrected chi connectivity index (χ2v) is 3.79. The van der Waals surface area contributed by atoms with Crippen LogP contribution in [0.4, 0.5) is 8.78 Å². The van der Waals surface area contributed by atoms with Gasteiger partial charge in [-0.05, 0) is 18.2 Å². The van der Waals surface area contributed by atoms with Gasteiger partial charge in [0.05, 0.1) is 12.3 Å². The lowest BCUT2D eigenvalue weighted by molar-refractivity contribution is 0.282. The minimum Gasteiger partial charge on any atom is -0.392 e. The Morgan fingerprint density at radius 1 is 1.18 bits per heavy atom. The molecule has 0 spiro atoms. The fourth-order valence-electron chi connectivity index (χ4n) is 1.51. The van der Waals surface area contributed by atoms with E-state index in [4.69, 9.17) is 16.7 Å². The van der Waals surface area contributed by atoms with Crippen LogP contribution in [0.5, 0.6) is 0 Å². The third-order valence-electron chi connectivity index (χ3n) is 2.32. The molecule has 2 rings (SSSR count). The Morgan fingerprint density at radius 2 is 1.94 bits per heavy atom. The molecule has 2 nitrogen and oxygen atoms in total. The summed E-state index contributed by atoms with van der Waals surface area (Å²) in [7, 11) is 0. The summed E-state index contributed by atoms with van der Waals surface area (Å²) >= 11 is 5.71. The van der Waals surface area contributed by atoms with E-state index in [1.54, 1.807) is 0 Å². The molecular weight excluding hydrogens is 248 g/mol. The van der Waals surface area contributed by atoms with Crippen LogP contribution in [0.25, 0.3) is 11.3 Å². The summed E-state index contributed by atoms with van der Waals surface area (Å²) in [6.45, 7) is -0.324. The number of rotatable bonds is 2. The molecule has 1 aromatic heterocycles. The number of nitrogens with zero attached hydrogens (tertiary/aromatic N) is 1. The van der Waals surface area contributed by atoms with E-state index in [1.807, 2.05) is 0 Å². The van der Waals surface area contributed by atoms with Gasteiger partial charge in [0, 0.05) is 11.1 Å². The number of hydrogen-bond donors (Lipinski definition) is 1. The number of aliphatic hydroxyl groups excluding tert-OH is 1. The first kappa shape index (κ1) is 12.0. The van der Waals surface area contributed by atoms with Crippen LogP contribution < -0.4 is 0 Å². The second-order valence-electron chi connectivity index (χ2n) is 3.40. The van der Waals surface area contributed by atoms with Gasteiger partial charge >= 0.3 is 0 Å². The number of aliphatic hydroxyl groups is 1. The Hall–Kier alpha value is -1.52. The Kier molecular flexibility index (Phi) is 3.36. The molecule has 0 aliphatic heterocycles. The van der Waals surface area contributed by atoms with Crippen LogP contribution in [-0.2, 0) is 6.61 Å². The van der Waals surface area contributed by atoms with Crippen LogP contribution in [0.3, 0.4) is 0 Å². The largest absolute Gasteiger partial charge is 0.392 e. The smallest absolute Gasteiger partial charge is 0.168 e. The molecule has 0 bridgehead atoms. The van der Waals surface area contributed by atoms with Crippen molar-refractivity contribution in [2.24, 2.45) is 0 Å². The summed E-state index contributed by atoms with van der Waals surface area (Å²) in [4.78, 5) is 3.91. The number of aromatic nitrogens is 1. The third kappa shape index (κ3) is 2.28. The molecule has 1 heterocycles. The quantitative estimate of drug-likeness (QED) is 0.836. The Balaban J connectivity index is 2.67. The van der Waals surface area contributed by atoms with Crippen molar-refractivity contribution >= 4 is 11.6 Å². The van der Waals surface area contributed by atoms with E-state index in [2.05, 4.69) is 4.98 Å². The van der Waals surface area contributed by atoms with E-state index >= 15 is 0 Å². The van der Waals surface area contributed by atoms with Crippen molar-refractivity contribution in [3.8, 4) is 11.3 Å². The van der Waals surface area contributed by atoms with E-state index in [1.165, 1.54) is 24.3 Å². The first-order valence-corrected chi connectivity index (χ1v) is 5.22. The van der Waals surface area contributed by atoms with Crippen molar-refractivity contribution < 1.29 is 13.9 Å². The lowest BCUT2D eigenvalue weighted by Crippen LogP contribution is -1.97. The number of benzene rings is 1. The summed E-state index contributed by atoms with van der Waals surface area (Å²) in [5, 5.41) is 9.29. The van der Waals surface area contributed by atoms with Gasteiger partial charge in [-0.3, -0.25) is 0 Å². The van der Waals surface area contributed by atoms with Crippen molar-refractivity contribution in [1.29, 1.82) is 0 Å². The number of pyridine rings is 1. The molecule has 0 aliphatic carbocycles. The summed E-state index contributed by atoms with van der Waals surface area (Å²) in [6, 6.07) is 6.78. The first-order valence-electron chi connectivity index (χ1n) is 4.84. The van der Waals surface area contributed by atoms with Gasteiger partial charge in [0.25, 0.3) is 0 Å². The van der Waals surface area contributed by atoms with Crippen LogP contribution >= 0.6 is 11.6 Å². The maximum Gasteiger partial charge on any atom is 0.168 e. The van der Waals surface area contributed by atoms with Gasteiger partial charge in [0.1, 0.15) is 5.15 Å².